The average molecular weight is 728 g/mol. The molecule has 1 fully saturated rings. The van der Waals surface area contributed by atoms with Gasteiger partial charge in [-0.2, -0.15) is 0 Å². The number of hydrogen-bond acceptors (Lipinski definition) is 12. The lowest BCUT2D eigenvalue weighted by atomic mass is 10.00. The fourth-order valence-electron chi connectivity index (χ4n) is 5.07. The number of carbonyl (C=O) groups is 3. The molecule has 0 spiro atoms. The molecule has 3 aromatic rings. The molecule has 3 heterocycles. The zero-order valence-electron chi connectivity index (χ0n) is 26.6. The van der Waals surface area contributed by atoms with Crippen LogP contribution < -0.4 is 11.1 Å². The molecular formula is C33H34ClN5O6S3. The quantitative estimate of drug-likeness (QED) is 0.0837. The maximum atomic E-state index is 13.8. The minimum atomic E-state index is -0.927. The summed E-state index contributed by atoms with van der Waals surface area (Å²) in [6.45, 7) is 6.55. The Balaban J connectivity index is 1.35. The van der Waals surface area contributed by atoms with E-state index in [1.54, 1.807) is 25.7 Å². The highest BCUT2D eigenvalue weighted by Gasteiger charge is 2.54. The number of oxime groups is 1. The van der Waals surface area contributed by atoms with E-state index in [1.807, 2.05) is 67.6 Å². The third-order valence-electron chi connectivity index (χ3n) is 7.18. The third-order valence-corrected chi connectivity index (χ3v) is 9.90. The maximum absolute atomic E-state index is 13.8. The van der Waals surface area contributed by atoms with Gasteiger partial charge in [0.2, 0.25) is 11.7 Å². The number of halogens is 1. The predicted octanol–water partition coefficient (Wildman–Crippen LogP) is 5.64. The molecule has 0 saturated carbocycles. The standard InChI is InChI=1S/C33H34ClN5O6S3/c1-5-18-17-47-30-24(36-28(41)23(22-27(34)48-32(35)37-22)38-43-16-21(40)45-33(2,3)4)29(42)39(30)25(18)31(46)44-26(19-12-8-6-9-13-19)20-14-10-7-11-15-20/h6-15,24,26,30H,5,16-17H2,1-4H3,(H2,35,37)(H,36,41)/t24?,30-/m1/s1. The number of aromatic nitrogens is 1. The Morgan fingerprint density at radius 1 is 1.15 bits per heavy atom. The predicted molar refractivity (Wildman–Crippen MR) is 191 cm³/mol. The van der Waals surface area contributed by atoms with Crippen molar-refractivity contribution in [1.29, 1.82) is 0 Å². The number of esters is 1. The van der Waals surface area contributed by atoms with Crippen LogP contribution in [0.2, 0.25) is 4.34 Å². The van der Waals surface area contributed by atoms with Crippen molar-refractivity contribution in [2.75, 3.05) is 18.1 Å². The van der Waals surface area contributed by atoms with Crippen LogP contribution in [0.5, 0.6) is 0 Å². The Hall–Kier alpha value is -3.98. The number of amides is 2. The van der Waals surface area contributed by atoms with E-state index in [1.165, 1.54) is 11.8 Å². The minimum absolute atomic E-state index is 0.0444. The van der Waals surface area contributed by atoms with Crippen LogP contribution >= 0.6 is 46.9 Å². The molecule has 1 saturated heterocycles. The molecule has 2 atom stereocenters. The fraction of sp³-hybridized carbons (Fsp3) is 0.333. The number of nitrogens with two attached hydrogens (primary N) is 1. The van der Waals surface area contributed by atoms with Crippen molar-refractivity contribution in [3.8, 4) is 0 Å². The molecule has 1 aromatic heterocycles. The number of nitrogens with one attached hydrogen (secondary N) is 1. The number of carbonyl (C=O) groups excluding carboxylic acids is 3. The number of ether oxygens (including phenoxy) is 2. The zero-order valence-corrected chi connectivity index (χ0v) is 29.8. The van der Waals surface area contributed by atoms with Crippen molar-refractivity contribution in [2.45, 2.75) is 57.2 Å². The molecule has 48 heavy (non-hydrogen) atoms. The first kappa shape index (κ1) is 35.3. The summed E-state index contributed by atoms with van der Waals surface area (Å²) in [5, 5.41) is 6.42. The van der Waals surface area contributed by atoms with Gasteiger partial charge >= 0.3 is 5.97 Å². The topological polar surface area (TPSA) is 145 Å². The van der Waals surface area contributed by atoms with Crippen molar-refractivity contribution >= 4 is 80.6 Å². The van der Waals surface area contributed by atoms with Gasteiger partial charge < -0.3 is 25.4 Å². The molecule has 2 aromatic carbocycles. The molecule has 15 heteroatoms. The number of thiazole rings is 1. The second-order valence-electron chi connectivity index (χ2n) is 11.7. The highest BCUT2D eigenvalue weighted by Crippen LogP contribution is 2.43. The van der Waals surface area contributed by atoms with Gasteiger partial charge in [0.25, 0.3) is 11.8 Å². The number of anilines is 1. The number of benzene rings is 2. The molecule has 2 aliphatic rings. The highest BCUT2D eigenvalue weighted by atomic mass is 35.5. The Morgan fingerprint density at radius 2 is 1.77 bits per heavy atom. The largest absolute Gasteiger partial charge is 0.469 e. The van der Waals surface area contributed by atoms with Crippen LogP contribution in [0.25, 0.3) is 0 Å². The lowest BCUT2D eigenvalue weighted by molar-refractivity contribution is -0.160. The van der Waals surface area contributed by atoms with Gasteiger partial charge in [-0.3, -0.25) is 14.5 Å². The van der Waals surface area contributed by atoms with Gasteiger partial charge in [-0.05, 0) is 56.1 Å². The number of thioether (sulfide) groups is 1. The van der Waals surface area contributed by atoms with Crippen LogP contribution in [0, 0.1) is 0 Å². The highest BCUT2D eigenvalue weighted by molar-refractivity contribution is 8.00. The summed E-state index contributed by atoms with van der Waals surface area (Å²) >= 11 is 14.6. The van der Waals surface area contributed by atoms with Crippen molar-refractivity contribution < 1.29 is 28.7 Å². The molecule has 2 aliphatic heterocycles. The minimum Gasteiger partial charge on any atom is -0.469 e. The van der Waals surface area contributed by atoms with Crippen LogP contribution in [0.3, 0.4) is 0 Å². The Bertz CT molecular complexity index is 1720. The van der Waals surface area contributed by atoms with Gasteiger partial charge in [0.05, 0.1) is 5.70 Å². The lowest BCUT2D eigenvalue weighted by Gasteiger charge is -2.50. The summed E-state index contributed by atoms with van der Waals surface area (Å²) in [6.07, 6.45) is 0.149. The van der Waals surface area contributed by atoms with Crippen molar-refractivity contribution in [2.24, 2.45) is 5.16 Å². The fourth-order valence-corrected chi connectivity index (χ4v) is 7.79. The van der Waals surface area contributed by atoms with E-state index in [2.05, 4.69) is 15.5 Å². The van der Waals surface area contributed by atoms with Crippen LogP contribution in [-0.2, 0) is 28.7 Å². The van der Waals surface area contributed by atoms with E-state index in [4.69, 9.17) is 43.9 Å². The van der Waals surface area contributed by atoms with Gasteiger partial charge in [-0.25, -0.2) is 9.78 Å². The third kappa shape index (κ3) is 8.00. The molecule has 11 nitrogen and oxygen atoms in total. The van der Waals surface area contributed by atoms with Gasteiger partial charge in [0, 0.05) is 5.75 Å². The number of hydrogen-bond donors (Lipinski definition) is 2. The van der Waals surface area contributed by atoms with Crippen molar-refractivity contribution in [3.63, 3.8) is 0 Å². The number of nitrogens with zero attached hydrogens (tertiary/aromatic N) is 3. The van der Waals surface area contributed by atoms with Crippen molar-refractivity contribution in [1.82, 2.24) is 15.2 Å². The number of rotatable bonds is 11. The van der Waals surface area contributed by atoms with E-state index < -0.39 is 41.6 Å². The SMILES string of the molecule is CCC1=C(C(=S)OC(c2ccccc2)c2ccccc2)N2C(=O)C(NC(=O)C(=NOCC(=O)OC(C)(C)C)c3nc(N)sc3Cl)[C@H]2SC1. The van der Waals surface area contributed by atoms with Crippen LogP contribution in [0.4, 0.5) is 5.13 Å². The van der Waals surface area contributed by atoms with Crippen LogP contribution in [0.1, 0.15) is 57.0 Å². The molecule has 1 unspecified atom stereocenters. The number of nitrogen functional groups attached to an aromatic ring is 1. The van der Waals surface area contributed by atoms with Crippen LogP contribution in [-0.4, -0.2) is 67.8 Å². The molecular weight excluding hydrogens is 694 g/mol. The zero-order chi connectivity index (χ0) is 34.6. The second-order valence-corrected chi connectivity index (χ2v) is 14.9. The maximum Gasteiger partial charge on any atom is 0.347 e. The molecule has 3 N–H and O–H groups in total. The summed E-state index contributed by atoms with van der Waals surface area (Å²) in [7, 11) is 0. The van der Waals surface area contributed by atoms with Gasteiger partial charge in [-0.1, -0.05) is 95.7 Å². The van der Waals surface area contributed by atoms with E-state index in [0.717, 1.165) is 28.0 Å². The van der Waals surface area contributed by atoms with Gasteiger partial charge in [0.1, 0.15) is 33.2 Å². The van der Waals surface area contributed by atoms with E-state index >= 15 is 0 Å². The summed E-state index contributed by atoms with van der Waals surface area (Å²) in [5.41, 5.74) is 8.00. The first-order valence-electron chi connectivity index (χ1n) is 15.0. The summed E-state index contributed by atoms with van der Waals surface area (Å²) < 4.78 is 11.8. The van der Waals surface area contributed by atoms with E-state index in [9.17, 15) is 14.4 Å². The smallest absolute Gasteiger partial charge is 0.347 e. The molecule has 0 bridgehead atoms. The normalized spacial score (nSPS) is 17.8. The Kier molecular flexibility index (Phi) is 11.1. The first-order valence-corrected chi connectivity index (χ1v) is 17.7. The number of thiocarbonyl (C=S) groups is 1. The van der Waals surface area contributed by atoms with Gasteiger partial charge in [0.15, 0.2) is 10.8 Å². The molecule has 0 radical (unpaired) electrons. The van der Waals surface area contributed by atoms with Gasteiger partial charge in [-0.15, -0.1) is 11.8 Å². The second kappa shape index (κ2) is 15.1. The molecule has 252 valence electrons. The summed E-state index contributed by atoms with van der Waals surface area (Å²) in [5.74, 6) is -1.28. The van der Waals surface area contributed by atoms with Crippen LogP contribution in [0.15, 0.2) is 77.1 Å². The number of β-lactam (4-membered cyclic amide) rings is 1. The summed E-state index contributed by atoms with van der Waals surface area (Å²) in [4.78, 5) is 50.4. The van der Waals surface area contributed by atoms with E-state index in [-0.39, 0.29) is 31.8 Å². The lowest BCUT2D eigenvalue weighted by Crippen LogP contribution is -2.71. The van der Waals surface area contributed by atoms with Crippen molar-refractivity contribution in [3.05, 3.63) is 93.1 Å². The summed E-state index contributed by atoms with van der Waals surface area (Å²) in [6, 6.07) is 18.5. The average Bonchev–Trinajstić information content (AvgIpc) is 3.40. The molecule has 5 rings (SSSR count). The monoisotopic (exact) mass is 727 g/mol. The Labute approximate surface area is 296 Å². The molecule has 0 aliphatic carbocycles. The first-order chi connectivity index (χ1) is 22.9. The molecule has 2 amide bonds. The number of fused-ring (bicyclic) bond motifs is 1. The Morgan fingerprint density at radius 3 is 2.31 bits per heavy atom. The van der Waals surface area contributed by atoms with E-state index in [0.29, 0.717) is 17.9 Å².